The van der Waals surface area contributed by atoms with E-state index in [0.29, 0.717) is 24.1 Å². The summed E-state index contributed by atoms with van der Waals surface area (Å²) in [6.45, 7) is 0.411. The van der Waals surface area contributed by atoms with Crippen LogP contribution in [0.15, 0.2) is 18.2 Å². The van der Waals surface area contributed by atoms with Crippen LogP contribution in [0, 0.1) is 0 Å². The molecule has 0 aromatic heterocycles. The predicted octanol–water partition coefficient (Wildman–Crippen LogP) is 0.679. The van der Waals surface area contributed by atoms with E-state index in [9.17, 15) is 5.11 Å². The van der Waals surface area contributed by atoms with E-state index >= 15 is 0 Å². The van der Waals surface area contributed by atoms with Crippen molar-refractivity contribution in [2.75, 3.05) is 20.3 Å². The topological polar surface area (TPSA) is 71.0 Å². The second kappa shape index (κ2) is 6.75. The Hall–Kier alpha value is -1.30. The van der Waals surface area contributed by atoms with Crippen LogP contribution in [-0.4, -0.2) is 42.6 Å². The summed E-state index contributed by atoms with van der Waals surface area (Å²) < 4.78 is 10.9. The molecular weight excluding hydrogens is 246 g/mol. The first-order chi connectivity index (χ1) is 9.26. The first-order valence-corrected chi connectivity index (χ1v) is 6.54. The fourth-order valence-electron chi connectivity index (χ4n) is 1.86. The fraction of sp³-hybridized carbons (Fsp3) is 0.571. The van der Waals surface area contributed by atoms with Gasteiger partial charge in [0.25, 0.3) is 0 Å². The molecule has 1 aromatic rings. The normalized spacial score (nSPS) is 16.2. The molecule has 1 aliphatic carbocycles. The molecule has 0 aliphatic heterocycles. The average molecular weight is 267 g/mol. The van der Waals surface area contributed by atoms with Gasteiger partial charge in [0.15, 0.2) is 11.5 Å². The lowest BCUT2D eigenvalue weighted by Gasteiger charge is -2.18. The summed E-state index contributed by atoms with van der Waals surface area (Å²) in [6, 6.07) is 5.78. The quantitative estimate of drug-likeness (QED) is 0.646. The van der Waals surface area contributed by atoms with E-state index < -0.39 is 0 Å². The number of benzene rings is 1. The van der Waals surface area contributed by atoms with Crippen molar-refractivity contribution in [1.82, 2.24) is 5.32 Å². The van der Waals surface area contributed by atoms with Gasteiger partial charge in [-0.2, -0.15) is 0 Å². The van der Waals surface area contributed by atoms with Crippen molar-refractivity contribution in [1.29, 1.82) is 0 Å². The van der Waals surface area contributed by atoms with E-state index in [1.807, 2.05) is 0 Å². The Morgan fingerprint density at radius 2 is 2.11 bits per heavy atom. The van der Waals surface area contributed by atoms with Crippen molar-refractivity contribution >= 4 is 0 Å². The molecule has 5 nitrogen and oxygen atoms in total. The first kappa shape index (κ1) is 14.1. The molecule has 3 N–H and O–H groups in total. The van der Waals surface area contributed by atoms with Gasteiger partial charge in [-0.1, -0.05) is 6.07 Å². The van der Waals surface area contributed by atoms with E-state index in [-0.39, 0.29) is 19.3 Å². The molecule has 0 spiro atoms. The maximum absolute atomic E-state index is 9.28. The van der Waals surface area contributed by atoms with E-state index in [1.54, 1.807) is 25.3 Å². The molecule has 0 heterocycles. The van der Waals surface area contributed by atoms with Crippen molar-refractivity contribution in [3.63, 3.8) is 0 Å². The molecule has 1 atom stereocenters. The first-order valence-electron chi connectivity index (χ1n) is 6.54. The maximum atomic E-state index is 9.28. The Labute approximate surface area is 113 Å². The number of aliphatic hydroxyl groups excluding tert-OH is 2. The third-order valence-electron chi connectivity index (χ3n) is 3.12. The molecule has 19 heavy (non-hydrogen) atoms. The van der Waals surface area contributed by atoms with Crippen LogP contribution in [0.4, 0.5) is 0 Å². The van der Waals surface area contributed by atoms with Gasteiger partial charge in [0, 0.05) is 6.04 Å². The summed E-state index contributed by atoms with van der Waals surface area (Å²) in [5, 5.41) is 21.7. The Kier molecular flexibility index (Phi) is 5.01. The second-order valence-electron chi connectivity index (χ2n) is 4.77. The van der Waals surface area contributed by atoms with Crippen LogP contribution in [0.5, 0.6) is 11.5 Å². The third kappa shape index (κ3) is 4.09. The van der Waals surface area contributed by atoms with Crippen molar-refractivity contribution in [2.45, 2.75) is 31.5 Å². The molecule has 106 valence electrons. The van der Waals surface area contributed by atoms with Gasteiger partial charge in [-0.05, 0) is 30.5 Å². The summed E-state index contributed by atoms with van der Waals surface area (Å²) in [5.41, 5.74) is 0.777. The zero-order chi connectivity index (χ0) is 13.7. The van der Waals surface area contributed by atoms with Gasteiger partial charge in [0.1, 0.15) is 6.61 Å². The number of hydrogen-bond acceptors (Lipinski definition) is 5. The number of hydrogen-bond donors (Lipinski definition) is 3. The van der Waals surface area contributed by atoms with Crippen LogP contribution in [0.1, 0.15) is 18.4 Å². The molecule has 1 saturated carbocycles. The monoisotopic (exact) mass is 267 g/mol. The fourth-order valence-corrected chi connectivity index (χ4v) is 1.86. The molecule has 5 heteroatoms. The van der Waals surface area contributed by atoms with Crippen LogP contribution < -0.4 is 14.8 Å². The largest absolute Gasteiger partial charge is 0.493 e. The summed E-state index contributed by atoms with van der Waals surface area (Å²) in [7, 11) is 1.56. The minimum absolute atomic E-state index is 0.0286. The van der Waals surface area contributed by atoms with Crippen molar-refractivity contribution in [3.05, 3.63) is 23.8 Å². The summed E-state index contributed by atoms with van der Waals surface area (Å²) in [4.78, 5) is 0. The molecule has 1 unspecified atom stereocenters. The Morgan fingerprint density at radius 3 is 2.68 bits per heavy atom. The van der Waals surface area contributed by atoms with Gasteiger partial charge >= 0.3 is 0 Å². The molecule has 1 fully saturated rings. The van der Waals surface area contributed by atoms with Gasteiger partial charge in [-0.15, -0.1) is 0 Å². The molecule has 0 amide bonds. The standard InChI is InChI=1S/C14H21NO4/c1-18-14-6-10(7-16)2-5-13(14)19-9-12(8-17)15-11-3-4-11/h2,5-6,11-12,15-17H,3-4,7-9H2,1H3. The molecule has 1 aliphatic rings. The van der Waals surface area contributed by atoms with E-state index in [0.717, 1.165) is 5.56 Å². The predicted molar refractivity (Wildman–Crippen MR) is 71.4 cm³/mol. The van der Waals surface area contributed by atoms with Gasteiger partial charge < -0.3 is 25.0 Å². The van der Waals surface area contributed by atoms with Gasteiger partial charge in [0.05, 0.1) is 26.4 Å². The number of methoxy groups -OCH3 is 1. The van der Waals surface area contributed by atoms with E-state index in [1.165, 1.54) is 12.8 Å². The summed E-state index contributed by atoms with van der Waals surface area (Å²) in [6.07, 6.45) is 2.34. The molecule has 0 bridgehead atoms. The highest BCUT2D eigenvalue weighted by Crippen LogP contribution is 2.28. The Balaban J connectivity index is 1.93. The van der Waals surface area contributed by atoms with Crippen molar-refractivity contribution in [3.8, 4) is 11.5 Å². The van der Waals surface area contributed by atoms with Crippen LogP contribution in [0.25, 0.3) is 0 Å². The zero-order valence-electron chi connectivity index (χ0n) is 11.1. The minimum atomic E-state index is -0.0604. The van der Waals surface area contributed by atoms with Crippen molar-refractivity contribution in [2.24, 2.45) is 0 Å². The van der Waals surface area contributed by atoms with Gasteiger partial charge in [-0.3, -0.25) is 0 Å². The molecule has 0 radical (unpaired) electrons. The maximum Gasteiger partial charge on any atom is 0.161 e. The molecular formula is C14H21NO4. The highest BCUT2D eigenvalue weighted by molar-refractivity contribution is 5.42. The summed E-state index contributed by atoms with van der Waals surface area (Å²) in [5.74, 6) is 1.21. The minimum Gasteiger partial charge on any atom is -0.493 e. The van der Waals surface area contributed by atoms with E-state index in [2.05, 4.69) is 5.32 Å². The van der Waals surface area contributed by atoms with Crippen LogP contribution in [0.3, 0.4) is 0 Å². The van der Waals surface area contributed by atoms with Gasteiger partial charge in [0.2, 0.25) is 0 Å². The lowest BCUT2D eigenvalue weighted by atomic mass is 10.2. The van der Waals surface area contributed by atoms with E-state index in [4.69, 9.17) is 14.6 Å². The lowest BCUT2D eigenvalue weighted by Crippen LogP contribution is -2.39. The van der Waals surface area contributed by atoms with Crippen LogP contribution in [-0.2, 0) is 6.61 Å². The van der Waals surface area contributed by atoms with Crippen LogP contribution in [0.2, 0.25) is 0 Å². The number of aliphatic hydroxyl groups is 2. The van der Waals surface area contributed by atoms with Crippen LogP contribution >= 0.6 is 0 Å². The Bertz CT molecular complexity index is 406. The molecule has 2 rings (SSSR count). The number of nitrogens with one attached hydrogen (secondary N) is 1. The second-order valence-corrected chi connectivity index (χ2v) is 4.77. The summed E-state index contributed by atoms with van der Waals surface area (Å²) >= 11 is 0. The SMILES string of the molecule is COc1cc(CO)ccc1OCC(CO)NC1CC1. The highest BCUT2D eigenvalue weighted by Gasteiger charge is 2.24. The lowest BCUT2D eigenvalue weighted by molar-refractivity contribution is 0.178. The molecule has 0 saturated heterocycles. The van der Waals surface area contributed by atoms with Crippen molar-refractivity contribution < 1.29 is 19.7 Å². The third-order valence-corrected chi connectivity index (χ3v) is 3.12. The zero-order valence-corrected chi connectivity index (χ0v) is 11.1. The average Bonchev–Trinajstić information content (AvgIpc) is 3.27. The molecule has 1 aromatic carbocycles. The number of rotatable bonds is 8. The van der Waals surface area contributed by atoms with Gasteiger partial charge in [-0.25, -0.2) is 0 Å². The highest BCUT2D eigenvalue weighted by atomic mass is 16.5. The smallest absolute Gasteiger partial charge is 0.161 e. The number of ether oxygens (including phenoxy) is 2. The Morgan fingerprint density at radius 1 is 1.32 bits per heavy atom.